The molecule has 2 heterocycles. The Kier molecular flexibility index (Phi) is 6.08. The normalized spacial score (nSPS) is 18.6. The summed E-state index contributed by atoms with van der Waals surface area (Å²) in [7, 11) is 1.35. The number of hydrogen-bond donors (Lipinski definition) is 1. The first-order valence-electron chi connectivity index (χ1n) is 10.0. The molecule has 1 fully saturated rings. The SMILES string of the molecule is COC(=O)[C@@H]1C[C@H](NC(=O)c2ccc(-n3cccn3)cc2)CN1Cc1ccc(F)cc1. The Hall–Kier alpha value is -3.52. The van der Waals surface area contributed by atoms with Crippen LogP contribution in [0.1, 0.15) is 22.3 Å². The van der Waals surface area contributed by atoms with Gasteiger partial charge in [0.05, 0.1) is 12.8 Å². The third kappa shape index (κ3) is 4.80. The highest BCUT2D eigenvalue weighted by Crippen LogP contribution is 2.22. The van der Waals surface area contributed by atoms with E-state index in [9.17, 15) is 14.0 Å². The minimum absolute atomic E-state index is 0.204. The number of carbonyl (C=O) groups is 2. The number of halogens is 1. The van der Waals surface area contributed by atoms with E-state index in [-0.39, 0.29) is 23.7 Å². The van der Waals surface area contributed by atoms with Crippen molar-refractivity contribution in [3.63, 3.8) is 0 Å². The minimum Gasteiger partial charge on any atom is -0.468 e. The number of esters is 1. The van der Waals surface area contributed by atoms with E-state index in [1.807, 2.05) is 29.3 Å². The Morgan fingerprint density at radius 3 is 2.55 bits per heavy atom. The van der Waals surface area contributed by atoms with Crippen molar-refractivity contribution in [3.05, 3.63) is 83.9 Å². The number of methoxy groups -OCH3 is 1. The van der Waals surface area contributed by atoms with Crippen molar-refractivity contribution in [2.45, 2.75) is 25.0 Å². The number of rotatable bonds is 6. The van der Waals surface area contributed by atoms with E-state index in [0.717, 1.165) is 11.3 Å². The molecule has 7 nitrogen and oxygen atoms in total. The van der Waals surface area contributed by atoms with Crippen molar-refractivity contribution in [1.29, 1.82) is 0 Å². The van der Waals surface area contributed by atoms with E-state index >= 15 is 0 Å². The van der Waals surface area contributed by atoms with Crippen molar-refractivity contribution < 1.29 is 18.7 Å². The first kappa shape index (κ1) is 20.7. The zero-order valence-corrected chi connectivity index (χ0v) is 17.1. The summed E-state index contributed by atoms with van der Waals surface area (Å²) in [6.45, 7) is 0.958. The zero-order valence-electron chi connectivity index (χ0n) is 17.1. The molecule has 2 aromatic carbocycles. The molecule has 1 aromatic heterocycles. The van der Waals surface area contributed by atoms with Crippen LogP contribution in [0.25, 0.3) is 5.69 Å². The molecule has 1 aliphatic rings. The lowest BCUT2D eigenvalue weighted by Gasteiger charge is -2.22. The first-order valence-corrected chi connectivity index (χ1v) is 10.0. The lowest BCUT2D eigenvalue weighted by atomic mass is 10.1. The molecule has 0 unspecified atom stereocenters. The van der Waals surface area contributed by atoms with Crippen LogP contribution in [0.2, 0.25) is 0 Å². The third-order valence-electron chi connectivity index (χ3n) is 5.41. The summed E-state index contributed by atoms with van der Waals surface area (Å²) in [4.78, 5) is 27.0. The van der Waals surface area contributed by atoms with Gasteiger partial charge in [0.25, 0.3) is 5.91 Å². The number of nitrogens with zero attached hydrogens (tertiary/aromatic N) is 3. The molecular weight excluding hydrogens is 399 g/mol. The van der Waals surface area contributed by atoms with Crippen LogP contribution in [-0.2, 0) is 16.1 Å². The molecule has 0 aliphatic carbocycles. The maximum atomic E-state index is 13.2. The molecule has 1 amide bonds. The fraction of sp³-hybridized carbons (Fsp3) is 0.261. The Morgan fingerprint density at radius 2 is 1.90 bits per heavy atom. The highest BCUT2D eigenvalue weighted by molar-refractivity contribution is 5.94. The van der Waals surface area contributed by atoms with Gasteiger partial charge in [-0.05, 0) is 54.4 Å². The summed E-state index contributed by atoms with van der Waals surface area (Å²) in [5.41, 5.74) is 2.28. The molecule has 2 atom stereocenters. The van der Waals surface area contributed by atoms with Crippen LogP contribution >= 0.6 is 0 Å². The van der Waals surface area contributed by atoms with Crippen molar-refractivity contribution in [1.82, 2.24) is 20.0 Å². The molecule has 4 rings (SSSR count). The van der Waals surface area contributed by atoms with Crippen molar-refractivity contribution in [3.8, 4) is 5.69 Å². The zero-order chi connectivity index (χ0) is 21.8. The van der Waals surface area contributed by atoms with Gasteiger partial charge in [-0.3, -0.25) is 14.5 Å². The molecule has 0 radical (unpaired) electrons. The highest BCUT2D eigenvalue weighted by Gasteiger charge is 2.38. The molecule has 0 saturated carbocycles. The predicted octanol–water partition coefficient (Wildman–Crippen LogP) is 2.56. The first-order chi connectivity index (χ1) is 15.0. The number of nitrogens with one attached hydrogen (secondary N) is 1. The lowest BCUT2D eigenvalue weighted by Crippen LogP contribution is -2.37. The molecule has 0 spiro atoms. The molecule has 1 saturated heterocycles. The number of amides is 1. The maximum Gasteiger partial charge on any atom is 0.323 e. The average molecular weight is 422 g/mol. The molecule has 8 heteroatoms. The highest BCUT2D eigenvalue weighted by atomic mass is 19.1. The van der Waals surface area contributed by atoms with Crippen LogP contribution in [0.15, 0.2) is 67.0 Å². The summed E-state index contributed by atoms with van der Waals surface area (Å²) >= 11 is 0. The van der Waals surface area contributed by atoms with E-state index in [2.05, 4.69) is 10.4 Å². The summed E-state index contributed by atoms with van der Waals surface area (Å²) in [6.07, 6.45) is 3.97. The number of benzene rings is 2. The largest absolute Gasteiger partial charge is 0.468 e. The van der Waals surface area contributed by atoms with Crippen molar-refractivity contribution in [2.75, 3.05) is 13.7 Å². The van der Waals surface area contributed by atoms with Gasteiger partial charge in [0.1, 0.15) is 11.9 Å². The summed E-state index contributed by atoms with van der Waals surface area (Å²) in [6, 6.07) is 14.5. The Labute approximate surface area is 179 Å². The third-order valence-corrected chi connectivity index (χ3v) is 5.41. The monoisotopic (exact) mass is 422 g/mol. The summed E-state index contributed by atoms with van der Waals surface area (Å²) in [5.74, 6) is -0.856. The topological polar surface area (TPSA) is 76.5 Å². The number of aromatic nitrogens is 2. The fourth-order valence-corrected chi connectivity index (χ4v) is 3.84. The second-order valence-corrected chi connectivity index (χ2v) is 7.50. The summed E-state index contributed by atoms with van der Waals surface area (Å²) < 4.78 is 19.9. The standard InChI is InChI=1S/C23H23FN4O3/c1-31-23(30)21-13-19(15-27(21)14-16-3-7-18(24)8-4-16)26-22(29)17-5-9-20(10-6-17)28-12-2-11-25-28/h2-12,19,21H,13-15H2,1H3,(H,26,29)/t19-,21-/m0/s1. The van der Waals surface area contributed by atoms with Crippen molar-refractivity contribution >= 4 is 11.9 Å². The maximum absolute atomic E-state index is 13.2. The van der Waals surface area contributed by atoms with E-state index in [4.69, 9.17) is 4.74 Å². The minimum atomic E-state index is -0.470. The molecule has 3 aromatic rings. The molecule has 31 heavy (non-hydrogen) atoms. The van der Waals surface area contributed by atoms with Crippen LogP contribution in [0.5, 0.6) is 0 Å². The van der Waals surface area contributed by atoms with Gasteiger partial charge in [-0.15, -0.1) is 0 Å². The van der Waals surface area contributed by atoms with E-state index in [1.54, 1.807) is 35.1 Å². The van der Waals surface area contributed by atoms with E-state index in [0.29, 0.717) is 25.1 Å². The lowest BCUT2D eigenvalue weighted by molar-refractivity contribution is -0.146. The molecule has 1 N–H and O–H groups in total. The van der Waals surface area contributed by atoms with Gasteiger partial charge in [0.15, 0.2) is 0 Å². The second-order valence-electron chi connectivity index (χ2n) is 7.50. The van der Waals surface area contributed by atoms with Gasteiger partial charge in [-0.2, -0.15) is 5.10 Å². The number of hydrogen-bond acceptors (Lipinski definition) is 5. The Morgan fingerprint density at radius 1 is 1.16 bits per heavy atom. The number of ether oxygens (including phenoxy) is 1. The molecule has 160 valence electrons. The predicted molar refractivity (Wildman–Crippen MR) is 112 cm³/mol. The Bertz CT molecular complexity index is 1040. The number of likely N-dealkylation sites (tertiary alicyclic amines) is 1. The van der Waals surface area contributed by atoms with Gasteiger partial charge >= 0.3 is 5.97 Å². The van der Waals surface area contributed by atoms with Crippen LogP contribution in [-0.4, -0.2) is 52.3 Å². The van der Waals surface area contributed by atoms with Crippen LogP contribution in [0.4, 0.5) is 4.39 Å². The van der Waals surface area contributed by atoms with E-state index < -0.39 is 6.04 Å². The van der Waals surface area contributed by atoms with Gasteiger partial charge in [-0.1, -0.05) is 12.1 Å². The van der Waals surface area contributed by atoms with Crippen LogP contribution in [0.3, 0.4) is 0 Å². The van der Waals surface area contributed by atoms with Gasteiger partial charge in [-0.25, -0.2) is 9.07 Å². The van der Waals surface area contributed by atoms with Crippen LogP contribution < -0.4 is 5.32 Å². The van der Waals surface area contributed by atoms with Gasteiger partial charge in [0, 0.05) is 37.1 Å². The Balaban J connectivity index is 1.42. The average Bonchev–Trinajstić information content (AvgIpc) is 3.45. The molecule has 0 bridgehead atoms. The molecular formula is C23H23FN4O3. The van der Waals surface area contributed by atoms with Crippen molar-refractivity contribution in [2.24, 2.45) is 0 Å². The summed E-state index contributed by atoms with van der Waals surface area (Å²) in [5, 5.41) is 7.18. The number of carbonyl (C=O) groups excluding carboxylic acids is 2. The fourth-order valence-electron chi connectivity index (χ4n) is 3.84. The van der Waals surface area contributed by atoms with E-state index in [1.165, 1.54) is 19.2 Å². The second kappa shape index (κ2) is 9.09. The molecule has 1 aliphatic heterocycles. The quantitative estimate of drug-likeness (QED) is 0.618. The van der Waals surface area contributed by atoms with Gasteiger partial charge in [0.2, 0.25) is 0 Å². The van der Waals surface area contributed by atoms with Crippen LogP contribution in [0, 0.1) is 5.82 Å². The van der Waals surface area contributed by atoms with Gasteiger partial charge < -0.3 is 10.1 Å². The smallest absolute Gasteiger partial charge is 0.323 e.